The van der Waals surface area contributed by atoms with Crippen LogP contribution in [0.3, 0.4) is 0 Å². The number of guanidine groups is 1. The van der Waals surface area contributed by atoms with Crippen LogP contribution < -0.4 is 10.6 Å². The molecule has 0 saturated carbocycles. The molecule has 2 heterocycles. The molecule has 0 bridgehead atoms. The topological polar surface area (TPSA) is 80.3 Å². The second kappa shape index (κ2) is 11.0. The Hall–Kier alpha value is -2.61. The number of benzene rings is 1. The van der Waals surface area contributed by atoms with Crippen molar-refractivity contribution in [3.05, 3.63) is 35.4 Å². The predicted molar refractivity (Wildman–Crippen MR) is 119 cm³/mol. The predicted octanol–water partition coefficient (Wildman–Crippen LogP) is 0.404. The van der Waals surface area contributed by atoms with E-state index in [0.29, 0.717) is 12.1 Å². The molecule has 1 aromatic carbocycles. The maximum atomic E-state index is 12.4. The Morgan fingerprint density at radius 3 is 2.43 bits per heavy atom. The molecule has 0 aliphatic carbocycles. The molecule has 3 rings (SSSR count). The Labute approximate surface area is 179 Å². The molecule has 0 radical (unpaired) electrons. The van der Waals surface area contributed by atoms with Gasteiger partial charge in [-0.15, -0.1) is 0 Å². The molecule has 2 aliphatic rings. The lowest BCUT2D eigenvalue weighted by atomic mass is 10.1. The van der Waals surface area contributed by atoms with Crippen LogP contribution in [0.2, 0.25) is 0 Å². The maximum Gasteiger partial charge on any atom is 0.251 e. The summed E-state index contributed by atoms with van der Waals surface area (Å²) in [6, 6.07) is 7.70. The fraction of sp³-hybridized carbons (Fsp3) is 0.591. The molecule has 8 heteroatoms. The van der Waals surface area contributed by atoms with Crippen molar-refractivity contribution >= 4 is 17.8 Å². The first kappa shape index (κ1) is 22.1. The van der Waals surface area contributed by atoms with Crippen molar-refractivity contribution in [2.45, 2.75) is 19.3 Å². The van der Waals surface area contributed by atoms with Gasteiger partial charge in [0, 0.05) is 65.5 Å². The van der Waals surface area contributed by atoms with Crippen LogP contribution in [0.5, 0.6) is 0 Å². The molecular weight excluding hydrogens is 380 g/mol. The smallest absolute Gasteiger partial charge is 0.251 e. The Balaban J connectivity index is 1.41. The zero-order chi connectivity index (χ0) is 21.3. The van der Waals surface area contributed by atoms with Gasteiger partial charge in [-0.1, -0.05) is 12.1 Å². The summed E-state index contributed by atoms with van der Waals surface area (Å²) in [4.78, 5) is 35.1. The van der Waals surface area contributed by atoms with Gasteiger partial charge in [-0.2, -0.15) is 0 Å². The molecule has 164 valence electrons. The van der Waals surface area contributed by atoms with Gasteiger partial charge in [0.25, 0.3) is 5.91 Å². The molecule has 2 fully saturated rings. The highest BCUT2D eigenvalue weighted by atomic mass is 16.2. The van der Waals surface area contributed by atoms with E-state index < -0.39 is 0 Å². The number of piperazine rings is 1. The monoisotopic (exact) mass is 414 g/mol. The van der Waals surface area contributed by atoms with E-state index in [4.69, 9.17) is 0 Å². The van der Waals surface area contributed by atoms with E-state index in [2.05, 4.69) is 25.4 Å². The van der Waals surface area contributed by atoms with Crippen LogP contribution in [0, 0.1) is 0 Å². The van der Waals surface area contributed by atoms with Crippen molar-refractivity contribution in [3.63, 3.8) is 0 Å². The van der Waals surface area contributed by atoms with Gasteiger partial charge in [-0.05, 0) is 37.0 Å². The number of rotatable bonds is 6. The van der Waals surface area contributed by atoms with Crippen LogP contribution in [0.4, 0.5) is 0 Å². The van der Waals surface area contributed by atoms with Gasteiger partial charge in [0.15, 0.2) is 5.96 Å². The first-order chi connectivity index (χ1) is 14.6. The highest BCUT2D eigenvalue weighted by Gasteiger charge is 2.24. The molecule has 30 heavy (non-hydrogen) atoms. The van der Waals surface area contributed by atoms with E-state index in [0.717, 1.165) is 76.6 Å². The largest absolute Gasteiger partial charge is 0.356 e. The average molecular weight is 415 g/mol. The van der Waals surface area contributed by atoms with Gasteiger partial charge in [0.1, 0.15) is 0 Å². The van der Waals surface area contributed by atoms with E-state index in [-0.39, 0.29) is 11.8 Å². The van der Waals surface area contributed by atoms with E-state index in [1.807, 2.05) is 29.2 Å². The molecule has 2 amide bonds. The maximum absolute atomic E-state index is 12.4. The Kier molecular flexibility index (Phi) is 8.07. The Bertz CT molecular complexity index is 752. The third-order valence-electron chi connectivity index (χ3n) is 5.81. The summed E-state index contributed by atoms with van der Waals surface area (Å²) in [6.07, 6.45) is 3.09. The fourth-order valence-electron chi connectivity index (χ4n) is 4.04. The van der Waals surface area contributed by atoms with Crippen molar-refractivity contribution in [3.8, 4) is 0 Å². The lowest BCUT2D eigenvalue weighted by Crippen LogP contribution is -2.54. The second-order valence-corrected chi connectivity index (χ2v) is 7.85. The number of likely N-dealkylation sites (tertiary alicyclic amines) is 1. The lowest BCUT2D eigenvalue weighted by Gasteiger charge is -2.36. The summed E-state index contributed by atoms with van der Waals surface area (Å²) in [6.45, 7) is 6.57. The summed E-state index contributed by atoms with van der Waals surface area (Å²) in [7, 11) is 3.44. The van der Waals surface area contributed by atoms with Crippen molar-refractivity contribution < 1.29 is 9.59 Å². The van der Waals surface area contributed by atoms with Crippen molar-refractivity contribution in [1.29, 1.82) is 0 Å². The minimum atomic E-state index is -0.0679. The SMILES string of the molecule is CN=C(NCCc1cccc(C(=O)NC)c1)N1CCN(CC(=O)N2CCCC2)CC1. The normalized spacial score (nSPS) is 17.9. The molecule has 2 saturated heterocycles. The number of nitrogens with one attached hydrogen (secondary N) is 2. The molecule has 2 aliphatic heterocycles. The summed E-state index contributed by atoms with van der Waals surface area (Å²) >= 11 is 0. The lowest BCUT2D eigenvalue weighted by molar-refractivity contribution is -0.131. The highest BCUT2D eigenvalue weighted by Crippen LogP contribution is 2.10. The van der Waals surface area contributed by atoms with Gasteiger partial charge in [0.2, 0.25) is 5.91 Å². The standard InChI is InChI=1S/C22H34N6O2/c1-23-21(30)19-7-5-6-18(16-19)8-9-25-22(24-2)28-14-12-26(13-15-28)17-20(29)27-10-3-4-11-27/h5-7,16H,3-4,8-15,17H2,1-2H3,(H,23,30)(H,24,25). The van der Waals surface area contributed by atoms with Gasteiger partial charge < -0.3 is 20.4 Å². The third kappa shape index (κ3) is 5.95. The highest BCUT2D eigenvalue weighted by molar-refractivity contribution is 5.94. The summed E-state index contributed by atoms with van der Waals surface area (Å²) in [5.41, 5.74) is 1.79. The molecule has 2 N–H and O–H groups in total. The minimum Gasteiger partial charge on any atom is -0.356 e. The van der Waals surface area contributed by atoms with Gasteiger partial charge >= 0.3 is 0 Å². The first-order valence-corrected chi connectivity index (χ1v) is 10.9. The molecule has 0 unspecified atom stereocenters. The zero-order valence-electron chi connectivity index (χ0n) is 18.2. The van der Waals surface area contributed by atoms with Crippen LogP contribution in [0.15, 0.2) is 29.3 Å². The fourth-order valence-corrected chi connectivity index (χ4v) is 4.04. The van der Waals surface area contributed by atoms with Crippen molar-refractivity contribution in [1.82, 2.24) is 25.3 Å². The van der Waals surface area contributed by atoms with E-state index >= 15 is 0 Å². The molecule has 0 atom stereocenters. The summed E-state index contributed by atoms with van der Waals surface area (Å²) in [5, 5.41) is 6.09. The number of carbonyl (C=O) groups is 2. The van der Waals surface area contributed by atoms with Crippen LogP contribution in [0.25, 0.3) is 0 Å². The Morgan fingerprint density at radius 1 is 1.03 bits per heavy atom. The number of aliphatic imine (C=N–C) groups is 1. The van der Waals surface area contributed by atoms with Crippen LogP contribution in [0.1, 0.15) is 28.8 Å². The minimum absolute atomic E-state index is 0.0679. The molecule has 0 aromatic heterocycles. The second-order valence-electron chi connectivity index (χ2n) is 7.85. The van der Waals surface area contributed by atoms with Crippen LogP contribution >= 0.6 is 0 Å². The van der Waals surface area contributed by atoms with Crippen LogP contribution in [-0.4, -0.2) is 98.9 Å². The molecule has 0 spiro atoms. The van der Waals surface area contributed by atoms with Crippen LogP contribution in [-0.2, 0) is 11.2 Å². The van der Waals surface area contributed by atoms with Gasteiger partial charge in [0.05, 0.1) is 6.54 Å². The van der Waals surface area contributed by atoms with E-state index in [1.165, 1.54) is 0 Å². The number of hydrogen-bond acceptors (Lipinski definition) is 4. The molecule has 8 nitrogen and oxygen atoms in total. The van der Waals surface area contributed by atoms with Gasteiger partial charge in [-0.25, -0.2) is 0 Å². The number of amides is 2. The van der Waals surface area contributed by atoms with E-state index in [9.17, 15) is 9.59 Å². The number of hydrogen-bond donors (Lipinski definition) is 2. The van der Waals surface area contributed by atoms with E-state index in [1.54, 1.807) is 14.1 Å². The molecular formula is C22H34N6O2. The average Bonchev–Trinajstić information content (AvgIpc) is 3.32. The Morgan fingerprint density at radius 2 is 1.77 bits per heavy atom. The summed E-state index contributed by atoms with van der Waals surface area (Å²) < 4.78 is 0. The number of nitrogens with zero attached hydrogens (tertiary/aromatic N) is 4. The quantitative estimate of drug-likeness (QED) is 0.521. The summed E-state index contributed by atoms with van der Waals surface area (Å²) in [5.74, 6) is 1.09. The number of carbonyl (C=O) groups excluding carboxylic acids is 2. The van der Waals surface area contributed by atoms with Crippen molar-refractivity contribution in [2.24, 2.45) is 4.99 Å². The van der Waals surface area contributed by atoms with Gasteiger partial charge in [-0.3, -0.25) is 19.5 Å². The van der Waals surface area contributed by atoms with Crippen molar-refractivity contribution in [2.75, 3.05) is 66.5 Å². The zero-order valence-corrected chi connectivity index (χ0v) is 18.2. The first-order valence-electron chi connectivity index (χ1n) is 10.9. The molecule has 1 aromatic rings. The third-order valence-corrected chi connectivity index (χ3v) is 5.81.